The molecule has 0 unspecified atom stereocenters. The highest BCUT2D eigenvalue weighted by Gasteiger charge is 2.44. The number of benzene rings is 4. The van der Waals surface area contributed by atoms with E-state index in [0.29, 0.717) is 5.39 Å². The third-order valence-corrected chi connectivity index (χ3v) is 7.31. The summed E-state index contributed by atoms with van der Waals surface area (Å²) in [6.45, 7) is 1.67. The first-order valence-corrected chi connectivity index (χ1v) is 14.1. The van der Waals surface area contributed by atoms with E-state index in [9.17, 15) is 18.8 Å². The molecule has 44 heavy (non-hydrogen) atoms. The lowest BCUT2D eigenvalue weighted by Gasteiger charge is -2.23. The van der Waals surface area contributed by atoms with E-state index in [1.165, 1.54) is 18.3 Å². The molecule has 0 aliphatic carbocycles. The monoisotopic (exact) mass is 590 g/mol. The largest absolute Gasteiger partial charge is 0.513 e. The predicted octanol–water partition coefficient (Wildman–Crippen LogP) is 6.92. The summed E-state index contributed by atoms with van der Waals surface area (Å²) >= 11 is 0. The van der Waals surface area contributed by atoms with E-state index < -0.39 is 24.1 Å². The molecule has 0 bridgehead atoms. The fraction of sp³-hybridized carbons (Fsp3) is 0.143. The van der Waals surface area contributed by atoms with Crippen LogP contribution in [0.4, 0.5) is 9.18 Å². The van der Waals surface area contributed by atoms with Gasteiger partial charge in [0.1, 0.15) is 28.6 Å². The number of hydrogen-bond acceptors (Lipinski definition) is 7. The van der Waals surface area contributed by atoms with Gasteiger partial charge in [0.15, 0.2) is 11.5 Å². The van der Waals surface area contributed by atoms with Crippen molar-refractivity contribution in [3.8, 4) is 11.5 Å². The maximum absolute atomic E-state index is 14.1. The van der Waals surface area contributed by atoms with Crippen LogP contribution in [0.2, 0.25) is 0 Å². The SMILES string of the molecule is CCOC(=O)Oc1c2c(c(OC(c3ccccc3)c3ccccc3)c3ncccc13)C(=O)N(CCc1ccc(F)cc1)C2=O. The Balaban J connectivity index is 1.51. The van der Waals surface area contributed by atoms with Crippen LogP contribution in [-0.2, 0) is 11.2 Å². The second-order valence-corrected chi connectivity index (χ2v) is 10.1. The minimum Gasteiger partial charge on any atom is -0.478 e. The molecule has 0 saturated heterocycles. The first-order valence-electron chi connectivity index (χ1n) is 14.1. The molecule has 1 aliphatic heterocycles. The van der Waals surface area contributed by atoms with Crippen LogP contribution in [0.25, 0.3) is 10.9 Å². The highest BCUT2D eigenvalue weighted by molar-refractivity contribution is 6.27. The summed E-state index contributed by atoms with van der Waals surface area (Å²) in [6.07, 6.45) is 0.123. The molecule has 9 heteroatoms. The van der Waals surface area contributed by atoms with E-state index in [1.807, 2.05) is 60.7 Å². The van der Waals surface area contributed by atoms with Crippen molar-refractivity contribution in [3.63, 3.8) is 0 Å². The van der Waals surface area contributed by atoms with Crippen molar-refractivity contribution in [2.45, 2.75) is 19.4 Å². The Morgan fingerprint density at radius 2 is 1.43 bits per heavy atom. The van der Waals surface area contributed by atoms with E-state index >= 15 is 0 Å². The van der Waals surface area contributed by atoms with E-state index in [2.05, 4.69) is 4.98 Å². The molecular formula is C35H27FN2O6. The zero-order valence-corrected chi connectivity index (χ0v) is 23.7. The van der Waals surface area contributed by atoms with Gasteiger partial charge in [-0.25, -0.2) is 9.18 Å². The Morgan fingerprint density at radius 1 is 0.818 bits per heavy atom. The molecule has 0 spiro atoms. The first-order chi connectivity index (χ1) is 21.5. The fourth-order valence-corrected chi connectivity index (χ4v) is 5.27. The van der Waals surface area contributed by atoms with Crippen LogP contribution in [0.5, 0.6) is 11.5 Å². The van der Waals surface area contributed by atoms with E-state index in [4.69, 9.17) is 14.2 Å². The van der Waals surface area contributed by atoms with Gasteiger partial charge in [0.05, 0.1) is 6.61 Å². The van der Waals surface area contributed by atoms with Crippen LogP contribution in [-0.4, -0.2) is 41.0 Å². The van der Waals surface area contributed by atoms with Gasteiger partial charge in [0, 0.05) is 18.1 Å². The second-order valence-electron chi connectivity index (χ2n) is 10.1. The molecule has 6 rings (SSSR count). The lowest BCUT2D eigenvalue weighted by atomic mass is 9.99. The van der Waals surface area contributed by atoms with Crippen LogP contribution >= 0.6 is 0 Å². The summed E-state index contributed by atoms with van der Waals surface area (Å²) in [5.41, 5.74) is 2.43. The molecule has 0 atom stereocenters. The van der Waals surface area contributed by atoms with E-state index in [1.54, 1.807) is 31.2 Å². The van der Waals surface area contributed by atoms with Crippen LogP contribution < -0.4 is 9.47 Å². The van der Waals surface area contributed by atoms with E-state index in [-0.39, 0.29) is 53.5 Å². The summed E-state index contributed by atoms with van der Waals surface area (Å²) in [7, 11) is 0. The summed E-state index contributed by atoms with van der Waals surface area (Å²) in [5, 5.41) is 0.302. The zero-order chi connectivity index (χ0) is 30.6. The minimum atomic E-state index is -1.02. The number of nitrogens with zero attached hydrogens (tertiary/aromatic N) is 2. The van der Waals surface area contributed by atoms with Gasteiger partial charge < -0.3 is 14.2 Å². The standard InChI is InChI=1S/C35H27FN2O6/c1-2-42-35(41)44-31-26-14-9-20-37-29(26)32(43-30(23-10-5-3-6-11-23)24-12-7-4-8-13-24)28-27(31)33(39)38(34(28)40)21-19-22-15-17-25(36)18-16-22/h3-18,20,30H,2,19,21H2,1H3. The number of aromatic nitrogens is 1. The molecular weight excluding hydrogens is 563 g/mol. The average Bonchev–Trinajstić information content (AvgIpc) is 3.30. The van der Waals surface area contributed by atoms with Crippen molar-refractivity contribution in [2.75, 3.05) is 13.2 Å². The molecule has 220 valence electrons. The quantitative estimate of drug-likeness (QED) is 0.105. The number of amides is 2. The lowest BCUT2D eigenvalue weighted by Crippen LogP contribution is -2.32. The van der Waals surface area contributed by atoms with Crippen LogP contribution in [0.1, 0.15) is 50.4 Å². The molecule has 0 radical (unpaired) electrons. The second kappa shape index (κ2) is 12.3. The molecule has 8 nitrogen and oxygen atoms in total. The smallest absolute Gasteiger partial charge is 0.478 e. The van der Waals surface area contributed by atoms with Crippen LogP contribution in [0, 0.1) is 5.82 Å². The summed E-state index contributed by atoms with van der Waals surface area (Å²) in [4.78, 5) is 46.3. The van der Waals surface area contributed by atoms with Crippen molar-refractivity contribution in [1.29, 1.82) is 0 Å². The highest BCUT2D eigenvalue weighted by atomic mass is 19.1. The minimum absolute atomic E-state index is 0.000832. The van der Waals surface area contributed by atoms with Crippen molar-refractivity contribution >= 4 is 28.9 Å². The number of halogens is 1. The number of rotatable bonds is 9. The van der Waals surface area contributed by atoms with Gasteiger partial charge in [-0.1, -0.05) is 72.8 Å². The Hall–Kier alpha value is -5.57. The predicted molar refractivity (Wildman–Crippen MR) is 160 cm³/mol. The van der Waals surface area contributed by atoms with Crippen molar-refractivity contribution in [1.82, 2.24) is 9.88 Å². The third-order valence-electron chi connectivity index (χ3n) is 7.31. The molecule has 2 amide bonds. The van der Waals surface area contributed by atoms with Crippen molar-refractivity contribution in [3.05, 3.63) is 137 Å². The molecule has 1 aliphatic rings. The Labute approximate surface area is 252 Å². The highest BCUT2D eigenvalue weighted by Crippen LogP contribution is 2.46. The third kappa shape index (κ3) is 5.47. The molecule has 5 aromatic rings. The van der Waals surface area contributed by atoms with Gasteiger partial charge >= 0.3 is 6.16 Å². The van der Waals surface area contributed by atoms with Crippen molar-refractivity contribution in [2.24, 2.45) is 0 Å². The Morgan fingerprint density at radius 3 is 2.05 bits per heavy atom. The number of fused-ring (bicyclic) bond motifs is 2. The summed E-state index contributed by atoms with van der Waals surface area (Å²) in [5.74, 6) is -1.71. The van der Waals surface area contributed by atoms with Gasteiger partial charge in [0.2, 0.25) is 0 Å². The topological polar surface area (TPSA) is 95.0 Å². The molecule has 1 aromatic heterocycles. The van der Waals surface area contributed by atoms with Crippen LogP contribution in [0.3, 0.4) is 0 Å². The van der Waals surface area contributed by atoms with Gasteiger partial charge in [0.25, 0.3) is 11.8 Å². The number of carbonyl (C=O) groups excluding carboxylic acids is 3. The van der Waals surface area contributed by atoms with E-state index in [0.717, 1.165) is 21.6 Å². The molecule has 0 saturated carbocycles. The van der Waals surface area contributed by atoms with Crippen LogP contribution in [0.15, 0.2) is 103 Å². The molecule has 2 heterocycles. The van der Waals surface area contributed by atoms with Crippen molar-refractivity contribution < 1.29 is 33.0 Å². The average molecular weight is 591 g/mol. The molecule has 0 N–H and O–H groups in total. The maximum Gasteiger partial charge on any atom is 0.513 e. The number of ether oxygens (including phenoxy) is 3. The Kier molecular flexibility index (Phi) is 8.01. The van der Waals surface area contributed by atoms with Gasteiger partial charge in [-0.15, -0.1) is 0 Å². The fourth-order valence-electron chi connectivity index (χ4n) is 5.27. The number of hydrogen-bond donors (Lipinski definition) is 0. The lowest BCUT2D eigenvalue weighted by molar-refractivity contribution is 0.0653. The number of imide groups is 1. The zero-order valence-electron chi connectivity index (χ0n) is 23.7. The van der Waals surface area contributed by atoms with Gasteiger partial charge in [-0.05, 0) is 54.3 Å². The first kappa shape index (κ1) is 28.5. The Bertz CT molecular complexity index is 1810. The summed E-state index contributed by atoms with van der Waals surface area (Å²) in [6, 6.07) is 28.1. The summed E-state index contributed by atoms with van der Waals surface area (Å²) < 4.78 is 30.8. The van der Waals surface area contributed by atoms with Gasteiger partial charge in [-0.2, -0.15) is 0 Å². The molecule has 4 aromatic carbocycles. The normalized spacial score (nSPS) is 12.5. The molecule has 0 fully saturated rings. The maximum atomic E-state index is 14.1. The van der Waals surface area contributed by atoms with Gasteiger partial charge in [-0.3, -0.25) is 19.5 Å². The number of carbonyl (C=O) groups is 3. The number of pyridine rings is 1.